The van der Waals surface area contributed by atoms with Gasteiger partial charge in [-0.3, -0.25) is 9.59 Å². The summed E-state index contributed by atoms with van der Waals surface area (Å²) < 4.78 is 5.35. The first-order valence-corrected chi connectivity index (χ1v) is 10.3. The van der Waals surface area contributed by atoms with Gasteiger partial charge in [-0.15, -0.1) is 0 Å². The van der Waals surface area contributed by atoms with Gasteiger partial charge in [0.15, 0.2) is 0 Å². The molecule has 5 nitrogen and oxygen atoms in total. The first-order valence-electron chi connectivity index (χ1n) is 10.3. The van der Waals surface area contributed by atoms with Gasteiger partial charge in [-0.2, -0.15) is 0 Å². The molecule has 5 heteroatoms. The van der Waals surface area contributed by atoms with Crippen molar-refractivity contribution < 1.29 is 24.5 Å². The fourth-order valence-corrected chi connectivity index (χ4v) is 4.96. The second kappa shape index (κ2) is 7.09. The number of carbonyl (C=O) groups excluding carboxylic acids is 2. The number of Topliss-reactive ketones (excluding diaryl/α,β-unsaturated/α-hetero) is 1. The predicted molar refractivity (Wildman–Crippen MR) is 106 cm³/mol. The summed E-state index contributed by atoms with van der Waals surface area (Å²) in [6.07, 6.45) is 2.89. The number of hydrogen-bond acceptors (Lipinski definition) is 5. The number of phenolic OH excluding ortho intramolecular Hbond substituents is 2. The molecule has 2 N–H and O–H groups in total. The molecular formula is C23H32O5. The van der Waals surface area contributed by atoms with Gasteiger partial charge in [-0.1, -0.05) is 27.2 Å². The third-order valence-corrected chi connectivity index (χ3v) is 7.11. The van der Waals surface area contributed by atoms with Crippen molar-refractivity contribution in [2.45, 2.75) is 71.6 Å². The Balaban J connectivity index is 1.89. The van der Waals surface area contributed by atoms with Crippen LogP contribution in [0.2, 0.25) is 0 Å². The van der Waals surface area contributed by atoms with Crippen LogP contribution in [0, 0.1) is 17.3 Å². The minimum absolute atomic E-state index is 0.0524. The quantitative estimate of drug-likeness (QED) is 0.556. The normalized spacial score (nSPS) is 25.9. The Morgan fingerprint density at radius 3 is 2.36 bits per heavy atom. The summed E-state index contributed by atoms with van der Waals surface area (Å²) in [7, 11) is 0. The maximum Gasteiger partial charge on any atom is 0.315 e. The molecule has 3 fully saturated rings. The Labute approximate surface area is 167 Å². The summed E-state index contributed by atoms with van der Waals surface area (Å²) >= 11 is 0. The van der Waals surface area contributed by atoms with Crippen molar-refractivity contribution in [3.8, 4) is 11.5 Å². The molecule has 154 valence electrons. The van der Waals surface area contributed by atoms with Crippen molar-refractivity contribution in [3.63, 3.8) is 0 Å². The van der Waals surface area contributed by atoms with Crippen molar-refractivity contribution in [2.24, 2.45) is 17.3 Å². The van der Waals surface area contributed by atoms with E-state index in [9.17, 15) is 19.8 Å². The molecule has 3 aliphatic rings. The highest BCUT2D eigenvalue weighted by molar-refractivity contribution is 5.86. The minimum atomic E-state index is -0.996. The lowest BCUT2D eigenvalue weighted by molar-refractivity contribution is -0.152. The fourth-order valence-electron chi connectivity index (χ4n) is 4.96. The Hall–Kier alpha value is -2.04. The highest BCUT2D eigenvalue weighted by atomic mass is 16.5. The Bertz CT molecular complexity index is 769. The molecule has 4 rings (SSSR count). The van der Waals surface area contributed by atoms with E-state index in [-0.39, 0.29) is 46.4 Å². The van der Waals surface area contributed by atoms with Crippen LogP contribution in [-0.2, 0) is 19.7 Å². The summed E-state index contributed by atoms with van der Waals surface area (Å²) in [4.78, 5) is 25.0. The third-order valence-electron chi connectivity index (χ3n) is 7.11. The molecular weight excluding hydrogens is 356 g/mol. The molecule has 0 saturated heterocycles. The average Bonchev–Trinajstić information content (AvgIpc) is 2.60. The second-order valence-electron chi connectivity index (χ2n) is 9.54. The van der Waals surface area contributed by atoms with Gasteiger partial charge < -0.3 is 14.9 Å². The molecule has 0 amide bonds. The summed E-state index contributed by atoms with van der Waals surface area (Å²) in [5, 5.41) is 21.5. The van der Waals surface area contributed by atoms with E-state index in [1.165, 1.54) is 0 Å². The smallest absolute Gasteiger partial charge is 0.315 e. The average molecular weight is 389 g/mol. The maximum atomic E-state index is 12.5. The molecule has 0 aliphatic heterocycles. The largest absolute Gasteiger partial charge is 0.508 e. The van der Waals surface area contributed by atoms with Crippen LogP contribution in [-0.4, -0.2) is 28.6 Å². The predicted octanol–water partition coefficient (Wildman–Crippen LogP) is 4.44. The maximum absolute atomic E-state index is 12.5. The van der Waals surface area contributed by atoms with Gasteiger partial charge in [-0.05, 0) is 55.7 Å². The van der Waals surface area contributed by atoms with Crippen molar-refractivity contribution in [3.05, 3.63) is 23.3 Å². The van der Waals surface area contributed by atoms with Crippen molar-refractivity contribution in [2.75, 3.05) is 6.61 Å². The Kier molecular flexibility index (Phi) is 5.24. The van der Waals surface area contributed by atoms with Crippen LogP contribution in [0.4, 0.5) is 0 Å². The van der Waals surface area contributed by atoms with Crippen LogP contribution >= 0.6 is 0 Å². The van der Waals surface area contributed by atoms with E-state index >= 15 is 0 Å². The monoisotopic (exact) mass is 388 g/mol. The van der Waals surface area contributed by atoms with E-state index < -0.39 is 5.41 Å². The molecule has 0 unspecified atom stereocenters. The number of benzene rings is 1. The topological polar surface area (TPSA) is 83.8 Å². The van der Waals surface area contributed by atoms with Gasteiger partial charge in [0, 0.05) is 23.8 Å². The molecule has 1 aromatic rings. The number of ketones is 1. The van der Waals surface area contributed by atoms with Crippen LogP contribution in [0.15, 0.2) is 12.1 Å². The van der Waals surface area contributed by atoms with Gasteiger partial charge in [0.05, 0.1) is 12.0 Å². The number of phenols is 2. The Morgan fingerprint density at radius 1 is 1.25 bits per heavy atom. The summed E-state index contributed by atoms with van der Waals surface area (Å²) in [6, 6.07) is 3.08. The van der Waals surface area contributed by atoms with E-state index in [1.807, 2.05) is 6.92 Å². The number of carbonyl (C=O) groups is 2. The van der Waals surface area contributed by atoms with Crippen molar-refractivity contribution in [1.82, 2.24) is 0 Å². The van der Waals surface area contributed by atoms with Crippen LogP contribution in [0.25, 0.3) is 0 Å². The third kappa shape index (κ3) is 3.19. The van der Waals surface area contributed by atoms with E-state index in [0.29, 0.717) is 24.2 Å². The second-order valence-corrected chi connectivity index (χ2v) is 9.54. The zero-order valence-corrected chi connectivity index (χ0v) is 17.5. The highest BCUT2D eigenvalue weighted by Gasteiger charge is 2.59. The molecule has 28 heavy (non-hydrogen) atoms. The van der Waals surface area contributed by atoms with E-state index in [4.69, 9.17) is 4.74 Å². The molecule has 0 aromatic heterocycles. The lowest BCUT2D eigenvalue weighted by Crippen LogP contribution is -2.56. The van der Waals surface area contributed by atoms with Crippen LogP contribution in [0.3, 0.4) is 0 Å². The van der Waals surface area contributed by atoms with Crippen LogP contribution in [0.1, 0.15) is 77.3 Å². The van der Waals surface area contributed by atoms with Gasteiger partial charge in [-0.25, -0.2) is 0 Å². The van der Waals surface area contributed by atoms with Gasteiger partial charge >= 0.3 is 5.97 Å². The molecule has 3 atom stereocenters. The van der Waals surface area contributed by atoms with E-state index in [0.717, 1.165) is 19.3 Å². The lowest BCUT2D eigenvalue weighted by atomic mass is 9.44. The molecule has 1 aromatic carbocycles. The SMILES string of the molecule is CCCCOC(=O)C(C)(C)c1cc(O)c([C@@H]2CC(=O)[C@@H]3C[C@H]2C3(C)C)c(O)c1. The number of esters is 1. The molecule has 3 aliphatic carbocycles. The number of unbranched alkanes of at least 4 members (excludes halogenated alkanes) is 1. The number of aromatic hydroxyl groups is 2. The molecule has 2 bridgehead atoms. The summed E-state index contributed by atoms with van der Waals surface area (Å²) in [6.45, 7) is 10.0. The molecule has 0 radical (unpaired) electrons. The molecule has 3 saturated carbocycles. The number of fused-ring (bicyclic) bond motifs is 2. The molecule has 0 spiro atoms. The number of hydrogen-bond donors (Lipinski definition) is 2. The zero-order valence-electron chi connectivity index (χ0n) is 17.5. The van der Waals surface area contributed by atoms with Gasteiger partial charge in [0.2, 0.25) is 0 Å². The van der Waals surface area contributed by atoms with Crippen molar-refractivity contribution in [1.29, 1.82) is 0 Å². The van der Waals surface area contributed by atoms with Gasteiger partial charge in [0.25, 0.3) is 0 Å². The van der Waals surface area contributed by atoms with E-state index in [2.05, 4.69) is 13.8 Å². The number of rotatable bonds is 6. The van der Waals surface area contributed by atoms with Gasteiger partial charge in [0.1, 0.15) is 17.3 Å². The van der Waals surface area contributed by atoms with Crippen LogP contribution in [0.5, 0.6) is 11.5 Å². The van der Waals surface area contributed by atoms with Crippen LogP contribution < -0.4 is 0 Å². The summed E-state index contributed by atoms with van der Waals surface area (Å²) in [5.74, 6) is -0.129. The summed E-state index contributed by atoms with van der Waals surface area (Å²) in [5.41, 5.74) is -0.172. The van der Waals surface area contributed by atoms with Crippen molar-refractivity contribution >= 4 is 11.8 Å². The first kappa shape index (κ1) is 20.7. The minimum Gasteiger partial charge on any atom is -0.508 e. The zero-order chi connectivity index (χ0) is 20.9. The number of ether oxygens (including phenoxy) is 1. The Morgan fingerprint density at radius 2 is 1.86 bits per heavy atom. The fraction of sp³-hybridized carbons (Fsp3) is 0.652. The highest BCUT2D eigenvalue weighted by Crippen LogP contribution is 2.64. The standard InChI is InChI=1S/C23H32O5/c1-6-7-8-28-21(27)22(2,3)13-9-18(25)20(19(26)10-13)14-11-17(24)16-12-15(14)23(16,4)5/h9-10,14-16,25-26H,6-8,11-12H2,1-5H3/t14-,15-,16+/m1/s1. The lowest BCUT2D eigenvalue weighted by Gasteiger charge is -2.59. The van der Waals surface area contributed by atoms with E-state index in [1.54, 1.807) is 26.0 Å². The first-order chi connectivity index (χ1) is 13.0. The molecule has 0 heterocycles.